The fourth-order valence-electron chi connectivity index (χ4n) is 3.96. The van der Waals surface area contributed by atoms with Gasteiger partial charge in [-0.2, -0.15) is 0 Å². The van der Waals surface area contributed by atoms with Crippen LogP contribution in [-0.4, -0.2) is 65.0 Å². The van der Waals surface area contributed by atoms with Gasteiger partial charge in [0.1, 0.15) is 6.04 Å². The summed E-state index contributed by atoms with van der Waals surface area (Å²) in [5.41, 5.74) is 0. The predicted molar refractivity (Wildman–Crippen MR) is 73.6 cm³/mol. The maximum Gasteiger partial charge on any atom is 0.326 e. The number of nitrogens with one attached hydrogen (secondary N) is 1. The van der Waals surface area contributed by atoms with E-state index < -0.39 is 12.0 Å². The predicted octanol–water partition coefficient (Wildman–Crippen LogP) is 0.113. The number of carboxylic acids is 1. The van der Waals surface area contributed by atoms with Crippen LogP contribution in [-0.2, 0) is 9.59 Å². The first-order valence-electron chi connectivity index (χ1n) is 7.63. The third kappa shape index (κ3) is 2.56. The Morgan fingerprint density at radius 3 is 2.81 bits per heavy atom. The fraction of sp³-hybridized carbons (Fsp3) is 0.786. The van der Waals surface area contributed by atoms with Gasteiger partial charge in [-0.05, 0) is 24.7 Å². The average molecular weight is 295 g/mol. The number of hydrogen-bond acceptors (Lipinski definition) is 3. The summed E-state index contributed by atoms with van der Waals surface area (Å²) in [5, 5.41) is 12.2. The van der Waals surface area contributed by atoms with Gasteiger partial charge in [0.15, 0.2) is 0 Å². The first-order valence-corrected chi connectivity index (χ1v) is 7.63. The monoisotopic (exact) mass is 295 g/mol. The summed E-state index contributed by atoms with van der Waals surface area (Å²) in [5.74, 6) is -0.542. The van der Waals surface area contributed by atoms with Gasteiger partial charge in [0.2, 0.25) is 5.91 Å². The zero-order valence-corrected chi connectivity index (χ0v) is 12.0. The first kappa shape index (κ1) is 14.2. The van der Waals surface area contributed by atoms with Crippen LogP contribution in [0.2, 0.25) is 0 Å². The highest BCUT2D eigenvalue weighted by Gasteiger charge is 2.50. The van der Waals surface area contributed by atoms with Crippen LogP contribution in [0.5, 0.6) is 0 Å². The molecule has 3 aliphatic rings. The molecule has 0 bridgehead atoms. The SMILES string of the molecule is O=C1CCN(C(=O)N2CC3CCCC3C2C(=O)O)CCN1. The van der Waals surface area contributed by atoms with Crippen molar-refractivity contribution in [3.8, 4) is 0 Å². The minimum absolute atomic E-state index is 0.0571. The summed E-state index contributed by atoms with van der Waals surface area (Å²) < 4.78 is 0. The van der Waals surface area contributed by atoms with Crippen molar-refractivity contribution in [1.82, 2.24) is 15.1 Å². The number of carbonyl (C=O) groups is 3. The van der Waals surface area contributed by atoms with E-state index in [1.165, 1.54) is 4.90 Å². The number of carbonyl (C=O) groups excluding carboxylic acids is 2. The van der Waals surface area contributed by atoms with Gasteiger partial charge >= 0.3 is 12.0 Å². The standard InChI is InChI=1S/C14H21N3O4/c18-11-4-6-16(7-5-15-11)14(21)17-8-9-2-1-3-10(9)12(17)13(19)20/h9-10,12H,1-8H2,(H,15,18)(H,19,20). The number of amides is 3. The molecule has 21 heavy (non-hydrogen) atoms. The molecule has 3 amide bonds. The van der Waals surface area contributed by atoms with E-state index in [1.807, 2.05) is 0 Å². The van der Waals surface area contributed by atoms with Crippen LogP contribution in [0.25, 0.3) is 0 Å². The minimum atomic E-state index is -0.901. The number of aliphatic carboxylic acids is 1. The Balaban J connectivity index is 1.74. The average Bonchev–Trinajstić information content (AvgIpc) is 2.94. The molecule has 0 aromatic heterocycles. The van der Waals surface area contributed by atoms with Gasteiger partial charge in [0, 0.05) is 32.6 Å². The molecule has 3 fully saturated rings. The molecule has 2 N–H and O–H groups in total. The van der Waals surface area contributed by atoms with Crippen molar-refractivity contribution in [2.75, 3.05) is 26.2 Å². The Hall–Kier alpha value is -1.79. The molecule has 1 saturated carbocycles. The van der Waals surface area contributed by atoms with E-state index in [0.29, 0.717) is 32.1 Å². The molecular formula is C14H21N3O4. The number of fused-ring (bicyclic) bond motifs is 1. The van der Waals surface area contributed by atoms with Gasteiger partial charge in [-0.3, -0.25) is 4.79 Å². The highest BCUT2D eigenvalue weighted by molar-refractivity contribution is 5.85. The van der Waals surface area contributed by atoms with Crippen molar-refractivity contribution in [2.45, 2.75) is 31.7 Å². The van der Waals surface area contributed by atoms with Crippen LogP contribution in [0.15, 0.2) is 0 Å². The Labute approximate surface area is 123 Å². The second-order valence-corrected chi connectivity index (χ2v) is 6.16. The third-order valence-electron chi connectivity index (χ3n) is 4.97. The van der Waals surface area contributed by atoms with Gasteiger partial charge in [0.25, 0.3) is 0 Å². The van der Waals surface area contributed by atoms with Gasteiger partial charge in [-0.1, -0.05) is 6.42 Å². The van der Waals surface area contributed by atoms with E-state index in [2.05, 4.69) is 5.32 Å². The number of nitrogens with zero attached hydrogens (tertiary/aromatic N) is 2. The summed E-state index contributed by atoms with van der Waals surface area (Å²) in [4.78, 5) is 38.7. The smallest absolute Gasteiger partial charge is 0.326 e. The fourth-order valence-corrected chi connectivity index (χ4v) is 3.96. The minimum Gasteiger partial charge on any atom is -0.480 e. The van der Waals surface area contributed by atoms with Crippen molar-refractivity contribution in [2.24, 2.45) is 11.8 Å². The molecule has 116 valence electrons. The van der Waals surface area contributed by atoms with E-state index >= 15 is 0 Å². The number of urea groups is 1. The molecule has 7 nitrogen and oxygen atoms in total. The largest absolute Gasteiger partial charge is 0.480 e. The Morgan fingerprint density at radius 1 is 1.24 bits per heavy atom. The van der Waals surface area contributed by atoms with Gasteiger partial charge in [-0.25, -0.2) is 9.59 Å². The molecule has 3 rings (SSSR count). The molecule has 3 atom stereocenters. The van der Waals surface area contributed by atoms with Crippen molar-refractivity contribution < 1.29 is 19.5 Å². The van der Waals surface area contributed by atoms with E-state index in [0.717, 1.165) is 19.3 Å². The Bertz CT molecular complexity index is 467. The number of rotatable bonds is 1. The lowest BCUT2D eigenvalue weighted by molar-refractivity contribution is -0.142. The molecule has 2 aliphatic heterocycles. The van der Waals surface area contributed by atoms with Gasteiger partial charge in [-0.15, -0.1) is 0 Å². The Kier molecular flexibility index (Phi) is 3.73. The van der Waals surface area contributed by atoms with Crippen molar-refractivity contribution in [3.63, 3.8) is 0 Å². The molecule has 2 saturated heterocycles. The van der Waals surface area contributed by atoms with Crippen LogP contribution >= 0.6 is 0 Å². The van der Waals surface area contributed by atoms with Crippen LogP contribution in [0.4, 0.5) is 4.79 Å². The number of likely N-dealkylation sites (tertiary alicyclic amines) is 1. The van der Waals surface area contributed by atoms with Crippen LogP contribution in [0.1, 0.15) is 25.7 Å². The summed E-state index contributed by atoms with van der Waals surface area (Å²) in [6, 6.07) is -0.926. The molecule has 3 unspecified atom stereocenters. The molecule has 0 radical (unpaired) electrons. The van der Waals surface area contributed by atoms with E-state index in [1.54, 1.807) is 4.90 Å². The summed E-state index contributed by atoms with van der Waals surface area (Å²) in [6.45, 7) is 1.78. The maximum absolute atomic E-state index is 12.7. The lowest BCUT2D eigenvalue weighted by Gasteiger charge is -2.30. The molecule has 1 aliphatic carbocycles. The topological polar surface area (TPSA) is 90.0 Å². The zero-order valence-electron chi connectivity index (χ0n) is 12.0. The summed E-state index contributed by atoms with van der Waals surface area (Å²) in [7, 11) is 0. The third-order valence-corrected chi connectivity index (χ3v) is 4.97. The summed E-state index contributed by atoms with van der Waals surface area (Å²) in [6.07, 6.45) is 3.25. The highest BCUT2D eigenvalue weighted by Crippen LogP contribution is 2.42. The molecule has 0 spiro atoms. The van der Waals surface area contributed by atoms with Crippen LogP contribution in [0, 0.1) is 11.8 Å². The lowest BCUT2D eigenvalue weighted by atomic mass is 9.94. The number of carboxylic acid groups (broad SMARTS) is 1. The molecule has 0 aromatic rings. The Morgan fingerprint density at radius 2 is 2.05 bits per heavy atom. The summed E-state index contributed by atoms with van der Waals surface area (Å²) >= 11 is 0. The molecule has 0 aromatic carbocycles. The molecular weight excluding hydrogens is 274 g/mol. The second kappa shape index (κ2) is 5.54. The first-order chi connectivity index (χ1) is 10.1. The molecule has 2 heterocycles. The van der Waals surface area contributed by atoms with E-state index in [-0.39, 0.29) is 24.3 Å². The molecule has 7 heteroatoms. The van der Waals surface area contributed by atoms with Crippen molar-refractivity contribution >= 4 is 17.9 Å². The lowest BCUT2D eigenvalue weighted by Crippen LogP contribution is -2.50. The maximum atomic E-state index is 12.7. The van der Waals surface area contributed by atoms with Gasteiger partial charge < -0.3 is 20.2 Å². The van der Waals surface area contributed by atoms with E-state index in [4.69, 9.17) is 0 Å². The quantitative estimate of drug-likeness (QED) is 0.718. The van der Waals surface area contributed by atoms with E-state index in [9.17, 15) is 19.5 Å². The second-order valence-electron chi connectivity index (χ2n) is 6.16. The van der Waals surface area contributed by atoms with Crippen LogP contribution in [0.3, 0.4) is 0 Å². The van der Waals surface area contributed by atoms with Crippen LogP contribution < -0.4 is 5.32 Å². The number of hydrogen-bond donors (Lipinski definition) is 2. The van der Waals surface area contributed by atoms with Crippen molar-refractivity contribution in [3.05, 3.63) is 0 Å². The van der Waals surface area contributed by atoms with Crippen molar-refractivity contribution in [1.29, 1.82) is 0 Å². The van der Waals surface area contributed by atoms with Gasteiger partial charge in [0.05, 0.1) is 0 Å². The zero-order chi connectivity index (χ0) is 15.0. The highest BCUT2D eigenvalue weighted by atomic mass is 16.4. The normalized spacial score (nSPS) is 32.6.